The van der Waals surface area contributed by atoms with Crippen LogP contribution in [-0.2, 0) is 14.3 Å². The van der Waals surface area contributed by atoms with E-state index < -0.39 is 23.0 Å². The third-order valence-corrected chi connectivity index (χ3v) is 5.42. The van der Waals surface area contributed by atoms with Crippen molar-refractivity contribution in [2.24, 2.45) is 11.8 Å². The normalized spacial score (nSPS) is 39.0. The first kappa shape index (κ1) is 14.1. The van der Waals surface area contributed by atoms with Crippen LogP contribution in [0.3, 0.4) is 0 Å². The second-order valence-electron chi connectivity index (χ2n) is 6.18. The molecule has 0 spiro atoms. The number of benzene rings is 1. The van der Waals surface area contributed by atoms with Gasteiger partial charge in [0.1, 0.15) is 5.60 Å². The highest BCUT2D eigenvalue weighted by Gasteiger charge is 2.72. The summed E-state index contributed by atoms with van der Waals surface area (Å²) >= 11 is 3.34. The number of hydrogen-bond acceptors (Lipinski definition) is 4. The van der Waals surface area contributed by atoms with E-state index in [1.165, 1.54) is 4.90 Å². The number of ether oxygens (including phenoxy) is 1. The fraction of sp³-hybridized carbons (Fsp3) is 0.375. The molecule has 114 valence electrons. The van der Waals surface area contributed by atoms with E-state index in [-0.39, 0.29) is 18.4 Å². The van der Waals surface area contributed by atoms with Crippen LogP contribution in [0.2, 0.25) is 0 Å². The van der Waals surface area contributed by atoms with Gasteiger partial charge >= 0.3 is 0 Å². The zero-order valence-electron chi connectivity index (χ0n) is 11.8. The number of carbonyl (C=O) groups is 2. The summed E-state index contributed by atoms with van der Waals surface area (Å²) in [6.07, 6.45) is 3.52. The lowest BCUT2D eigenvalue weighted by Gasteiger charge is -2.26. The molecule has 3 aliphatic heterocycles. The van der Waals surface area contributed by atoms with Crippen LogP contribution in [0.1, 0.15) is 6.92 Å². The highest BCUT2D eigenvalue weighted by atomic mass is 79.9. The molecular weight excluding hydrogens is 350 g/mol. The van der Waals surface area contributed by atoms with Crippen LogP contribution in [0, 0.1) is 11.8 Å². The van der Waals surface area contributed by atoms with Crippen LogP contribution in [-0.4, -0.2) is 34.7 Å². The van der Waals surface area contributed by atoms with Crippen LogP contribution in [0.15, 0.2) is 40.9 Å². The van der Waals surface area contributed by atoms with Gasteiger partial charge in [-0.25, -0.2) is 4.90 Å². The predicted molar refractivity (Wildman–Crippen MR) is 82.1 cm³/mol. The summed E-state index contributed by atoms with van der Waals surface area (Å²) in [4.78, 5) is 26.9. The molecular formula is C16H14BrNO4. The van der Waals surface area contributed by atoms with Gasteiger partial charge in [0.25, 0.3) is 0 Å². The molecule has 0 unspecified atom stereocenters. The minimum Gasteiger partial charge on any atom is -0.393 e. The standard InChI is InChI=1S/C16H14BrNO4/c1-15-6-7-16(8-19,22-15)12-11(15)13(20)18(14(12)21)10-4-2-9(17)3-5-10/h2-7,11-12,19H,8H2,1H3/t11-,12-,15+,16-/m1/s1. The van der Waals surface area contributed by atoms with Crippen LogP contribution in [0.25, 0.3) is 0 Å². The molecule has 4 rings (SSSR count). The van der Waals surface area contributed by atoms with Gasteiger partial charge in [0, 0.05) is 4.47 Å². The summed E-state index contributed by atoms with van der Waals surface area (Å²) in [5.74, 6) is -1.82. The van der Waals surface area contributed by atoms with E-state index in [4.69, 9.17) is 4.74 Å². The largest absolute Gasteiger partial charge is 0.393 e. The molecule has 4 atom stereocenters. The van der Waals surface area contributed by atoms with Crippen molar-refractivity contribution >= 4 is 33.4 Å². The van der Waals surface area contributed by atoms with Crippen LogP contribution in [0.5, 0.6) is 0 Å². The van der Waals surface area contributed by atoms with E-state index in [1.54, 1.807) is 43.3 Å². The number of aliphatic hydroxyl groups excluding tert-OH is 1. The Morgan fingerprint density at radius 2 is 1.82 bits per heavy atom. The summed E-state index contributed by atoms with van der Waals surface area (Å²) in [7, 11) is 0. The molecule has 3 aliphatic rings. The first-order chi connectivity index (χ1) is 10.4. The van der Waals surface area contributed by atoms with E-state index in [2.05, 4.69) is 15.9 Å². The molecule has 1 N–H and O–H groups in total. The number of imide groups is 1. The maximum atomic E-state index is 12.8. The quantitative estimate of drug-likeness (QED) is 0.640. The van der Waals surface area contributed by atoms with Crippen molar-refractivity contribution < 1.29 is 19.4 Å². The third kappa shape index (κ3) is 1.55. The molecule has 1 aromatic carbocycles. The van der Waals surface area contributed by atoms with Crippen molar-refractivity contribution in [1.29, 1.82) is 0 Å². The maximum absolute atomic E-state index is 12.8. The Morgan fingerprint density at radius 3 is 2.45 bits per heavy atom. The predicted octanol–water partition coefficient (Wildman–Crippen LogP) is 1.64. The summed E-state index contributed by atoms with van der Waals surface area (Å²) in [6, 6.07) is 7.03. The summed E-state index contributed by atoms with van der Waals surface area (Å²) in [5.41, 5.74) is -1.36. The first-order valence-electron chi connectivity index (χ1n) is 7.07. The summed E-state index contributed by atoms with van der Waals surface area (Å²) in [5, 5.41) is 9.74. The molecule has 0 aromatic heterocycles. The molecule has 22 heavy (non-hydrogen) atoms. The first-order valence-corrected chi connectivity index (χ1v) is 7.86. The Kier molecular flexibility index (Phi) is 2.74. The van der Waals surface area contributed by atoms with Gasteiger partial charge < -0.3 is 9.84 Å². The number of nitrogens with zero attached hydrogens (tertiary/aromatic N) is 1. The molecule has 1 aromatic rings. The van der Waals surface area contributed by atoms with E-state index in [0.717, 1.165) is 4.47 Å². The minimum absolute atomic E-state index is 0.264. The maximum Gasteiger partial charge on any atom is 0.241 e. The monoisotopic (exact) mass is 363 g/mol. The molecule has 3 heterocycles. The second kappa shape index (κ2) is 4.28. The molecule has 2 fully saturated rings. The number of fused-ring (bicyclic) bond motifs is 5. The van der Waals surface area contributed by atoms with E-state index >= 15 is 0 Å². The van der Waals surface area contributed by atoms with Crippen molar-refractivity contribution in [3.05, 3.63) is 40.9 Å². The molecule has 0 saturated carbocycles. The fourth-order valence-corrected chi connectivity index (χ4v) is 4.15. The average Bonchev–Trinajstić information content (AvgIpc) is 3.07. The number of amides is 2. The van der Waals surface area contributed by atoms with Crippen LogP contribution < -0.4 is 4.90 Å². The number of rotatable bonds is 2. The zero-order valence-corrected chi connectivity index (χ0v) is 13.4. The fourth-order valence-electron chi connectivity index (χ4n) is 3.89. The molecule has 0 aliphatic carbocycles. The Morgan fingerprint density at radius 1 is 1.18 bits per heavy atom. The van der Waals surface area contributed by atoms with Crippen LogP contribution >= 0.6 is 15.9 Å². The molecule has 5 nitrogen and oxygen atoms in total. The van der Waals surface area contributed by atoms with Gasteiger partial charge in [0.2, 0.25) is 11.8 Å². The molecule has 6 heteroatoms. The Bertz CT molecular complexity index is 715. The highest BCUT2D eigenvalue weighted by molar-refractivity contribution is 9.10. The zero-order chi connectivity index (χ0) is 15.7. The second-order valence-corrected chi connectivity index (χ2v) is 7.09. The molecule has 2 amide bonds. The SMILES string of the molecule is C[C@@]12C=C[C@](CO)(O1)[C@H]1C(=O)N(c3ccc(Br)cc3)C(=O)[C@@H]12. The van der Waals surface area contributed by atoms with Crippen molar-refractivity contribution in [2.75, 3.05) is 11.5 Å². The molecule has 0 radical (unpaired) electrons. The smallest absolute Gasteiger partial charge is 0.241 e. The highest BCUT2D eigenvalue weighted by Crippen LogP contribution is 2.57. The Labute approximate surface area is 135 Å². The van der Waals surface area contributed by atoms with Gasteiger partial charge in [-0.3, -0.25) is 9.59 Å². The molecule has 2 bridgehead atoms. The van der Waals surface area contributed by atoms with Crippen LogP contribution in [0.4, 0.5) is 5.69 Å². The molecule has 2 saturated heterocycles. The van der Waals surface area contributed by atoms with E-state index in [9.17, 15) is 14.7 Å². The van der Waals surface area contributed by atoms with Crippen molar-refractivity contribution in [3.63, 3.8) is 0 Å². The van der Waals surface area contributed by atoms with Crippen molar-refractivity contribution in [3.8, 4) is 0 Å². The van der Waals surface area contributed by atoms with Gasteiger partial charge in [-0.05, 0) is 31.2 Å². The lowest BCUT2D eigenvalue weighted by molar-refractivity contribution is -0.131. The van der Waals surface area contributed by atoms with Gasteiger partial charge in [-0.2, -0.15) is 0 Å². The number of aliphatic hydroxyl groups is 1. The van der Waals surface area contributed by atoms with Crippen molar-refractivity contribution in [1.82, 2.24) is 0 Å². The minimum atomic E-state index is -1.07. The summed E-state index contributed by atoms with van der Waals surface area (Å²) in [6.45, 7) is 1.48. The number of hydrogen-bond donors (Lipinski definition) is 1. The number of anilines is 1. The van der Waals surface area contributed by atoms with Gasteiger partial charge in [0.15, 0.2) is 0 Å². The van der Waals surface area contributed by atoms with E-state index in [0.29, 0.717) is 5.69 Å². The van der Waals surface area contributed by atoms with Crippen molar-refractivity contribution in [2.45, 2.75) is 18.1 Å². The lowest BCUT2D eigenvalue weighted by Crippen LogP contribution is -2.43. The van der Waals surface area contributed by atoms with Gasteiger partial charge in [0.05, 0.1) is 29.7 Å². The average molecular weight is 364 g/mol. The van der Waals surface area contributed by atoms with Gasteiger partial charge in [-0.15, -0.1) is 0 Å². The topological polar surface area (TPSA) is 66.8 Å². The number of halogens is 1. The number of carbonyl (C=O) groups excluding carboxylic acids is 2. The Hall–Kier alpha value is -1.50. The third-order valence-electron chi connectivity index (χ3n) is 4.89. The van der Waals surface area contributed by atoms with E-state index in [1.807, 2.05) is 0 Å². The van der Waals surface area contributed by atoms with Gasteiger partial charge in [-0.1, -0.05) is 28.1 Å². The summed E-state index contributed by atoms with van der Waals surface area (Å²) < 4.78 is 6.75. The lowest BCUT2D eigenvalue weighted by atomic mass is 9.73. The Balaban J connectivity index is 1.80.